The number of amides is 1. The Labute approximate surface area is 87.0 Å². The lowest BCUT2D eigenvalue weighted by Crippen LogP contribution is -2.30. The maximum atomic E-state index is 11.0. The molecule has 0 saturated heterocycles. The van der Waals surface area contributed by atoms with Gasteiger partial charge in [0.15, 0.2) is 0 Å². The van der Waals surface area contributed by atoms with Gasteiger partial charge < -0.3 is 5.32 Å². The van der Waals surface area contributed by atoms with Gasteiger partial charge in [0.2, 0.25) is 5.78 Å². The SMILES string of the molecule is CCC(=O)C(=O)NCC#CS(C)(C)C. The molecule has 0 fully saturated rings. The van der Waals surface area contributed by atoms with Crippen LogP contribution in [0.2, 0.25) is 0 Å². The van der Waals surface area contributed by atoms with E-state index >= 15 is 0 Å². The van der Waals surface area contributed by atoms with E-state index in [1.807, 2.05) is 0 Å². The summed E-state index contributed by atoms with van der Waals surface area (Å²) in [6, 6.07) is 0. The van der Waals surface area contributed by atoms with Gasteiger partial charge in [-0.05, 0) is 18.8 Å². The quantitative estimate of drug-likeness (QED) is 0.557. The standard InChI is InChI=1S/C10H17NO2S/c1-5-9(12)10(13)11-7-6-8-14(2,3)4/h5,7H2,1-4H3,(H,11,13). The van der Waals surface area contributed by atoms with Gasteiger partial charge in [0.25, 0.3) is 5.91 Å². The second-order valence-electron chi connectivity index (χ2n) is 3.58. The lowest BCUT2D eigenvalue weighted by molar-refractivity contribution is -0.137. The molecule has 0 rings (SSSR count). The Balaban J connectivity index is 3.90. The van der Waals surface area contributed by atoms with Crippen LogP contribution in [0.15, 0.2) is 0 Å². The molecule has 14 heavy (non-hydrogen) atoms. The first-order valence-corrected chi connectivity index (χ1v) is 7.21. The van der Waals surface area contributed by atoms with Crippen LogP contribution in [0.25, 0.3) is 0 Å². The van der Waals surface area contributed by atoms with Gasteiger partial charge in [-0.1, -0.05) is 18.1 Å². The zero-order valence-electron chi connectivity index (χ0n) is 9.14. The molecule has 0 aliphatic carbocycles. The van der Waals surface area contributed by atoms with Crippen molar-refractivity contribution >= 4 is 21.7 Å². The van der Waals surface area contributed by atoms with Crippen molar-refractivity contribution in [3.8, 4) is 11.2 Å². The molecule has 0 heterocycles. The van der Waals surface area contributed by atoms with Crippen molar-refractivity contribution in [1.82, 2.24) is 5.32 Å². The number of nitrogens with one attached hydrogen (secondary N) is 1. The molecule has 4 heteroatoms. The molecule has 0 saturated carbocycles. The zero-order chi connectivity index (χ0) is 11.2. The van der Waals surface area contributed by atoms with Gasteiger partial charge in [-0.3, -0.25) is 9.59 Å². The fourth-order valence-electron chi connectivity index (χ4n) is 0.636. The van der Waals surface area contributed by atoms with Crippen LogP contribution in [0.3, 0.4) is 0 Å². The highest BCUT2D eigenvalue weighted by molar-refractivity contribution is 8.35. The Morgan fingerprint density at radius 3 is 2.29 bits per heavy atom. The van der Waals surface area contributed by atoms with E-state index in [9.17, 15) is 9.59 Å². The average molecular weight is 215 g/mol. The Morgan fingerprint density at radius 1 is 1.29 bits per heavy atom. The smallest absolute Gasteiger partial charge is 0.288 e. The third-order valence-corrected chi connectivity index (χ3v) is 2.05. The van der Waals surface area contributed by atoms with Gasteiger partial charge in [0.1, 0.15) is 0 Å². The summed E-state index contributed by atoms with van der Waals surface area (Å²) < 4.78 is 0. The van der Waals surface area contributed by atoms with Crippen molar-refractivity contribution in [2.75, 3.05) is 25.3 Å². The number of Topliss-reactive ketones (excluding diaryl/α,β-unsaturated/α-hetero) is 1. The zero-order valence-corrected chi connectivity index (χ0v) is 9.96. The minimum Gasteiger partial charge on any atom is -0.339 e. The molecule has 1 amide bonds. The summed E-state index contributed by atoms with van der Waals surface area (Å²) in [7, 11) is -0.845. The van der Waals surface area contributed by atoms with Crippen LogP contribution in [0.4, 0.5) is 0 Å². The minimum absolute atomic E-state index is 0.240. The van der Waals surface area contributed by atoms with Crippen LogP contribution in [0.5, 0.6) is 0 Å². The molecule has 0 radical (unpaired) electrons. The van der Waals surface area contributed by atoms with E-state index in [-0.39, 0.29) is 13.0 Å². The predicted molar refractivity (Wildman–Crippen MR) is 61.4 cm³/mol. The second kappa shape index (κ2) is 5.71. The highest BCUT2D eigenvalue weighted by atomic mass is 32.3. The van der Waals surface area contributed by atoms with Crippen molar-refractivity contribution in [3.63, 3.8) is 0 Å². The topological polar surface area (TPSA) is 46.2 Å². The fraction of sp³-hybridized carbons (Fsp3) is 0.600. The third-order valence-electron chi connectivity index (χ3n) is 1.29. The predicted octanol–water partition coefficient (Wildman–Crippen LogP) is 0.737. The Hall–Kier alpha value is -0.950. The number of carbonyl (C=O) groups excluding carboxylic acids is 2. The van der Waals surface area contributed by atoms with Gasteiger partial charge in [0, 0.05) is 6.42 Å². The van der Waals surface area contributed by atoms with Crippen LogP contribution in [0, 0.1) is 11.2 Å². The van der Waals surface area contributed by atoms with E-state index in [0.29, 0.717) is 0 Å². The van der Waals surface area contributed by atoms with Crippen molar-refractivity contribution in [2.24, 2.45) is 0 Å². The molecule has 3 nitrogen and oxygen atoms in total. The maximum absolute atomic E-state index is 11.0. The normalized spacial score (nSPS) is 11.1. The van der Waals surface area contributed by atoms with Gasteiger partial charge in [0.05, 0.1) is 6.54 Å². The largest absolute Gasteiger partial charge is 0.339 e. The molecule has 80 valence electrons. The Kier molecular flexibility index (Phi) is 5.32. The average Bonchev–Trinajstić information content (AvgIpc) is 2.09. The number of carbonyl (C=O) groups is 2. The van der Waals surface area contributed by atoms with Crippen molar-refractivity contribution in [2.45, 2.75) is 13.3 Å². The third kappa shape index (κ3) is 6.55. The lowest BCUT2D eigenvalue weighted by atomic mass is 10.3. The van der Waals surface area contributed by atoms with Crippen molar-refractivity contribution < 1.29 is 9.59 Å². The summed E-state index contributed by atoms with van der Waals surface area (Å²) in [6.45, 7) is 1.92. The van der Waals surface area contributed by atoms with Crippen LogP contribution in [0.1, 0.15) is 13.3 Å². The van der Waals surface area contributed by atoms with E-state index in [0.717, 1.165) is 0 Å². The first-order valence-electron chi connectivity index (χ1n) is 4.35. The highest BCUT2D eigenvalue weighted by Gasteiger charge is 2.08. The molecular formula is C10H17NO2S. The fourth-order valence-corrected chi connectivity index (χ4v) is 1.14. The molecule has 0 bridgehead atoms. The molecule has 0 aromatic rings. The first-order chi connectivity index (χ1) is 6.37. The molecule has 1 N–H and O–H groups in total. The molecular weight excluding hydrogens is 198 g/mol. The summed E-state index contributed by atoms with van der Waals surface area (Å²) in [6.07, 6.45) is 6.45. The maximum Gasteiger partial charge on any atom is 0.288 e. The monoisotopic (exact) mass is 215 g/mol. The molecule has 0 aliphatic heterocycles. The van der Waals surface area contributed by atoms with Crippen LogP contribution in [-0.4, -0.2) is 37.0 Å². The molecule has 0 aliphatic rings. The Bertz CT molecular complexity index is 281. The van der Waals surface area contributed by atoms with E-state index in [1.54, 1.807) is 6.92 Å². The van der Waals surface area contributed by atoms with Crippen molar-refractivity contribution in [1.29, 1.82) is 0 Å². The Morgan fingerprint density at radius 2 is 1.86 bits per heavy atom. The highest BCUT2D eigenvalue weighted by Crippen LogP contribution is 2.31. The minimum atomic E-state index is -0.845. The molecule has 0 spiro atoms. The number of ketones is 1. The lowest BCUT2D eigenvalue weighted by Gasteiger charge is -2.14. The van der Waals surface area contributed by atoms with E-state index in [2.05, 4.69) is 35.3 Å². The second-order valence-corrected chi connectivity index (χ2v) is 7.45. The summed E-state index contributed by atoms with van der Waals surface area (Å²) in [5, 5.41) is 5.50. The molecule has 0 atom stereocenters. The number of hydrogen-bond acceptors (Lipinski definition) is 2. The first kappa shape index (κ1) is 13.1. The van der Waals surface area contributed by atoms with Gasteiger partial charge >= 0.3 is 0 Å². The van der Waals surface area contributed by atoms with E-state index in [1.165, 1.54) is 0 Å². The van der Waals surface area contributed by atoms with Gasteiger partial charge in [-0.15, -0.1) is 0 Å². The summed E-state index contributed by atoms with van der Waals surface area (Å²) in [5.74, 6) is 1.91. The van der Waals surface area contributed by atoms with E-state index in [4.69, 9.17) is 0 Å². The number of rotatable bonds is 3. The van der Waals surface area contributed by atoms with Crippen LogP contribution >= 0.6 is 10.0 Å². The molecule has 0 aromatic carbocycles. The summed E-state index contributed by atoms with van der Waals surface area (Å²) in [4.78, 5) is 21.8. The molecule has 0 aromatic heterocycles. The van der Waals surface area contributed by atoms with Crippen LogP contribution in [-0.2, 0) is 9.59 Å². The van der Waals surface area contributed by atoms with Gasteiger partial charge in [-0.25, -0.2) is 0 Å². The number of hydrogen-bond donors (Lipinski definition) is 1. The van der Waals surface area contributed by atoms with E-state index < -0.39 is 21.7 Å². The summed E-state index contributed by atoms with van der Waals surface area (Å²) in [5.41, 5.74) is 0. The molecule has 0 unspecified atom stereocenters. The van der Waals surface area contributed by atoms with Gasteiger partial charge in [-0.2, -0.15) is 10.0 Å². The van der Waals surface area contributed by atoms with Crippen LogP contribution < -0.4 is 5.32 Å². The summed E-state index contributed by atoms with van der Waals surface area (Å²) >= 11 is 0. The van der Waals surface area contributed by atoms with Crippen molar-refractivity contribution in [3.05, 3.63) is 0 Å².